The maximum atomic E-state index is 12.6. The van der Waals surface area contributed by atoms with Crippen molar-refractivity contribution in [1.82, 2.24) is 20.0 Å². The molecule has 1 unspecified atom stereocenters. The Labute approximate surface area is 142 Å². The van der Waals surface area contributed by atoms with Gasteiger partial charge in [0.1, 0.15) is 6.04 Å². The average Bonchev–Trinajstić information content (AvgIpc) is 3.26. The summed E-state index contributed by atoms with van der Waals surface area (Å²) in [6, 6.07) is 1.54. The van der Waals surface area contributed by atoms with Gasteiger partial charge in [0, 0.05) is 32.3 Å². The molecule has 0 radical (unpaired) electrons. The van der Waals surface area contributed by atoms with E-state index in [1.807, 2.05) is 22.7 Å². The van der Waals surface area contributed by atoms with E-state index in [1.165, 1.54) is 5.57 Å². The highest BCUT2D eigenvalue weighted by Crippen LogP contribution is 2.25. The lowest BCUT2D eigenvalue weighted by molar-refractivity contribution is -0.136. The minimum Gasteiger partial charge on any atom is -0.344 e. The van der Waals surface area contributed by atoms with Crippen LogP contribution in [0.2, 0.25) is 0 Å². The maximum absolute atomic E-state index is 12.6. The molecule has 130 valence electrons. The summed E-state index contributed by atoms with van der Waals surface area (Å²) < 4.78 is 1.85. The lowest BCUT2D eigenvalue weighted by Crippen LogP contribution is -2.49. The molecule has 1 aliphatic heterocycles. The second-order valence-corrected chi connectivity index (χ2v) is 6.82. The molecule has 1 N–H and O–H groups in total. The topological polar surface area (TPSA) is 67.2 Å². The number of hydrogen-bond donors (Lipinski definition) is 1. The first-order chi connectivity index (χ1) is 11.6. The third-order valence-corrected chi connectivity index (χ3v) is 5.13. The Morgan fingerprint density at radius 1 is 1.33 bits per heavy atom. The quantitative estimate of drug-likeness (QED) is 0.914. The van der Waals surface area contributed by atoms with Crippen LogP contribution in [0.1, 0.15) is 44.7 Å². The molecule has 24 heavy (non-hydrogen) atoms. The monoisotopic (exact) mass is 330 g/mol. The van der Waals surface area contributed by atoms with Crippen LogP contribution < -0.4 is 5.32 Å². The van der Waals surface area contributed by atoms with Gasteiger partial charge in [0.05, 0.1) is 5.69 Å². The van der Waals surface area contributed by atoms with Gasteiger partial charge >= 0.3 is 0 Å². The average molecular weight is 330 g/mol. The van der Waals surface area contributed by atoms with Gasteiger partial charge in [-0.05, 0) is 37.8 Å². The highest BCUT2D eigenvalue weighted by molar-refractivity contribution is 5.88. The molecule has 6 nitrogen and oxygen atoms in total. The largest absolute Gasteiger partial charge is 0.344 e. The summed E-state index contributed by atoms with van der Waals surface area (Å²) in [6.07, 6.45) is 8.83. The summed E-state index contributed by atoms with van der Waals surface area (Å²) in [6.45, 7) is 3.05. The molecule has 1 aromatic heterocycles. The zero-order chi connectivity index (χ0) is 17.1. The first kappa shape index (κ1) is 16.7. The number of hydrogen-bond acceptors (Lipinski definition) is 3. The van der Waals surface area contributed by atoms with Gasteiger partial charge in [0.25, 0.3) is 0 Å². The van der Waals surface area contributed by atoms with E-state index in [9.17, 15) is 9.59 Å². The summed E-state index contributed by atoms with van der Waals surface area (Å²) in [5, 5.41) is 7.09. The van der Waals surface area contributed by atoms with Gasteiger partial charge in [-0.2, -0.15) is 5.10 Å². The molecule has 6 heteroatoms. The van der Waals surface area contributed by atoms with Gasteiger partial charge < -0.3 is 10.2 Å². The summed E-state index contributed by atoms with van der Waals surface area (Å²) >= 11 is 0. The van der Waals surface area contributed by atoms with Crippen molar-refractivity contribution < 1.29 is 9.59 Å². The molecule has 1 atom stereocenters. The number of nitrogens with one attached hydrogen (secondary N) is 1. The van der Waals surface area contributed by atoms with Crippen molar-refractivity contribution >= 4 is 17.4 Å². The van der Waals surface area contributed by atoms with Crippen molar-refractivity contribution in [3.8, 4) is 0 Å². The zero-order valence-corrected chi connectivity index (χ0v) is 14.5. The Kier molecular flexibility index (Phi) is 5.02. The van der Waals surface area contributed by atoms with Crippen LogP contribution in [0.25, 0.3) is 5.57 Å². The molecule has 3 rings (SSSR count). The van der Waals surface area contributed by atoms with Crippen LogP contribution in [0.5, 0.6) is 0 Å². The fourth-order valence-corrected chi connectivity index (χ4v) is 3.65. The standard InChI is InChI=1S/C18H26N4O2/c1-13(20-17(23)15-5-3-4-6-15)18(24)22-11-8-14(9-12-22)16-7-10-19-21(16)2/h7-8,10,13,15H,3-6,9,11-12H2,1-2H3,(H,20,23). The summed E-state index contributed by atoms with van der Waals surface area (Å²) in [5.74, 6) is 0.135. The number of nitrogens with zero attached hydrogens (tertiary/aromatic N) is 3. The van der Waals surface area contributed by atoms with Gasteiger partial charge in [-0.3, -0.25) is 14.3 Å². The minimum atomic E-state index is -0.454. The first-order valence-electron chi connectivity index (χ1n) is 8.83. The normalized spacial score (nSPS) is 19.9. The highest BCUT2D eigenvalue weighted by atomic mass is 16.2. The lowest BCUT2D eigenvalue weighted by Gasteiger charge is -2.29. The summed E-state index contributed by atoms with van der Waals surface area (Å²) in [5.41, 5.74) is 2.33. The molecule has 0 spiro atoms. The zero-order valence-electron chi connectivity index (χ0n) is 14.5. The number of aryl methyl sites for hydroxylation is 1. The van der Waals surface area contributed by atoms with Crippen LogP contribution in [-0.4, -0.2) is 45.6 Å². The Bertz CT molecular complexity index is 643. The van der Waals surface area contributed by atoms with E-state index in [0.717, 1.165) is 37.8 Å². The molecule has 0 bridgehead atoms. The van der Waals surface area contributed by atoms with E-state index in [4.69, 9.17) is 0 Å². The molecular weight excluding hydrogens is 304 g/mol. The molecule has 0 saturated heterocycles. The molecule has 1 aromatic rings. The number of carbonyl (C=O) groups excluding carboxylic acids is 2. The second-order valence-electron chi connectivity index (χ2n) is 6.82. The van der Waals surface area contributed by atoms with E-state index in [2.05, 4.69) is 16.5 Å². The second kappa shape index (κ2) is 7.20. The van der Waals surface area contributed by atoms with Gasteiger partial charge in [-0.25, -0.2) is 0 Å². The molecule has 0 aromatic carbocycles. The van der Waals surface area contributed by atoms with Crippen molar-refractivity contribution in [3.05, 3.63) is 24.0 Å². The number of rotatable bonds is 4. The third kappa shape index (κ3) is 3.52. The fourth-order valence-electron chi connectivity index (χ4n) is 3.65. The molecule has 2 aliphatic rings. The Hall–Kier alpha value is -2.11. The van der Waals surface area contributed by atoms with Crippen molar-refractivity contribution in [1.29, 1.82) is 0 Å². The number of carbonyl (C=O) groups is 2. The number of aromatic nitrogens is 2. The molecule has 1 saturated carbocycles. The van der Waals surface area contributed by atoms with Crippen LogP contribution in [0.4, 0.5) is 0 Å². The summed E-state index contributed by atoms with van der Waals surface area (Å²) in [4.78, 5) is 26.6. The fraction of sp³-hybridized carbons (Fsp3) is 0.611. The third-order valence-electron chi connectivity index (χ3n) is 5.13. The smallest absolute Gasteiger partial charge is 0.245 e. The predicted molar refractivity (Wildman–Crippen MR) is 91.9 cm³/mol. The van der Waals surface area contributed by atoms with E-state index < -0.39 is 6.04 Å². The van der Waals surface area contributed by atoms with Gasteiger partial charge in [0.2, 0.25) is 11.8 Å². The lowest BCUT2D eigenvalue weighted by atomic mass is 10.0. The van der Waals surface area contributed by atoms with Gasteiger partial charge in [0.15, 0.2) is 0 Å². The van der Waals surface area contributed by atoms with Crippen LogP contribution in [0, 0.1) is 5.92 Å². The predicted octanol–water partition coefficient (Wildman–Crippen LogP) is 1.73. The molecule has 2 heterocycles. The van der Waals surface area contributed by atoms with E-state index in [1.54, 1.807) is 13.1 Å². The Morgan fingerprint density at radius 3 is 2.67 bits per heavy atom. The SMILES string of the molecule is CC(NC(=O)C1CCCC1)C(=O)N1CC=C(c2ccnn2C)CC1. The van der Waals surface area contributed by atoms with Crippen LogP contribution in [-0.2, 0) is 16.6 Å². The van der Waals surface area contributed by atoms with Gasteiger partial charge in [-0.15, -0.1) is 0 Å². The number of amides is 2. The summed E-state index contributed by atoms with van der Waals surface area (Å²) in [7, 11) is 1.92. The molecular formula is C18H26N4O2. The van der Waals surface area contributed by atoms with Crippen LogP contribution >= 0.6 is 0 Å². The van der Waals surface area contributed by atoms with Crippen molar-refractivity contribution in [3.63, 3.8) is 0 Å². The van der Waals surface area contributed by atoms with E-state index >= 15 is 0 Å². The van der Waals surface area contributed by atoms with Gasteiger partial charge in [-0.1, -0.05) is 18.9 Å². The van der Waals surface area contributed by atoms with Crippen LogP contribution in [0.3, 0.4) is 0 Å². The maximum Gasteiger partial charge on any atom is 0.245 e. The highest BCUT2D eigenvalue weighted by Gasteiger charge is 2.28. The minimum absolute atomic E-state index is 0.00153. The molecule has 2 amide bonds. The molecule has 1 fully saturated rings. The van der Waals surface area contributed by atoms with E-state index in [-0.39, 0.29) is 17.7 Å². The van der Waals surface area contributed by atoms with Crippen molar-refractivity contribution in [2.75, 3.05) is 13.1 Å². The van der Waals surface area contributed by atoms with Crippen molar-refractivity contribution in [2.24, 2.45) is 13.0 Å². The Morgan fingerprint density at radius 2 is 2.08 bits per heavy atom. The first-order valence-corrected chi connectivity index (χ1v) is 8.83. The van der Waals surface area contributed by atoms with Crippen LogP contribution in [0.15, 0.2) is 18.3 Å². The molecule has 1 aliphatic carbocycles. The van der Waals surface area contributed by atoms with E-state index in [0.29, 0.717) is 13.1 Å². The Balaban J connectivity index is 1.55. The van der Waals surface area contributed by atoms with Crippen molar-refractivity contribution in [2.45, 2.75) is 45.1 Å².